The van der Waals surface area contributed by atoms with Crippen molar-refractivity contribution in [2.45, 2.75) is 18.4 Å². The van der Waals surface area contributed by atoms with E-state index in [1.54, 1.807) is 12.1 Å². The van der Waals surface area contributed by atoms with Gasteiger partial charge >= 0.3 is 0 Å². The normalized spacial score (nSPS) is 24.7. The molecule has 1 heterocycles. The van der Waals surface area contributed by atoms with Crippen molar-refractivity contribution in [1.29, 1.82) is 0 Å². The number of halogens is 1. The molecule has 0 unspecified atom stereocenters. The van der Waals surface area contributed by atoms with Crippen molar-refractivity contribution in [2.75, 3.05) is 5.32 Å². The number of nitro benzene ring substituents is 1. The highest BCUT2D eigenvalue weighted by molar-refractivity contribution is 6.33. The number of allylic oxidation sites excluding steroid dienone is 2. The van der Waals surface area contributed by atoms with Crippen LogP contribution in [0.5, 0.6) is 0 Å². The Morgan fingerprint density at radius 2 is 1.91 bits per heavy atom. The summed E-state index contributed by atoms with van der Waals surface area (Å²) in [4.78, 5) is 11.1. The molecule has 0 fully saturated rings. The fraction of sp³-hybridized carbons (Fsp3) is 0.222. The molecule has 0 radical (unpaired) electrons. The third-order valence-corrected chi connectivity index (χ3v) is 5.13. The van der Waals surface area contributed by atoms with E-state index in [1.165, 1.54) is 5.56 Å². The molecule has 4 rings (SSSR count). The molecule has 0 saturated heterocycles. The second-order valence-electron chi connectivity index (χ2n) is 6.00. The van der Waals surface area contributed by atoms with Gasteiger partial charge in [-0.05, 0) is 24.0 Å². The Morgan fingerprint density at radius 3 is 2.74 bits per heavy atom. The first-order valence-corrected chi connectivity index (χ1v) is 7.99. The van der Waals surface area contributed by atoms with Crippen molar-refractivity contribution in [1.82, 2.24) is 0 Å². The van der Waals surface area contributed by atoms with Gasteiger partial charge in [-0.3, -0.25) is 10.1 Å². The van der Waals surface area contributed by atoms with Crippen LogP contribution in [-0.4, -0.2) is 4.92 Å². The molecule has 5 heteroatoms. The number of hydrogen-bond acceptors (Lipinski definition) is 3. The number of fused-ring (bicyclic) bond motifs is 3. The standard InChI is InChI=1S/C18H15ClN2O2/c19-15-9-4-8-13-11-6-3-7-12(11)17(20-18(13)15)14-5-1-2-10-16(14)21(22)23/h1-6,8-12,17,20H,7H2/t11-,12-,17-/m1/s1. The third kappa shape index (κ3) is 2.21. The lowest BCUT2D eigenvalue weighted by molar-refractivity contribution is -0.385. The van der Waals surface area contributed by atoms with Crippen LogP contribution in [-0.2, 0) is 0 Å². The van der Waals surface area contributed by atoms with Gasteiger partial charge in [0, 0.05) is 12.0 Å². The molecule has 0 bridgehead atoms. The van der Waals surface area contributed by atoms with Gasteiger partial charge < -0.3 is 5.32 Å². The first-order chi connectivity index (χ1) is 11.2. The van der Waals surface area contributed by atoms with Crippen molar-refractivity contribution in [3.8, 4) is 0 Å². The van der Waals surface area contributed by atoms with Crippen LogP contribution in [0, 0.1) is 16.0 Å². The molecular formula is C18H15ClN2O2. The van der Waals surface area contributed by atoms with Crippen LogP contribution in [0.2, 0.25) is 5.02 Å². The Bertz CT molecular complexity index is 818. The zero-order valence-electron chi connectivity index (χ0n) is 12.3. The highest BCUT2D eigenvalue weighted by atomic mass is 35.5. The summed E-state index contributed by atoms with van der Waals surface area (Å²) in [6.07, 6.45) is 5.26. The summed E-state index contributed by atoms with van der Waals surface area (Å²) in [6, 6.07) is 12.7. The predicted octanol–water partition coefficient (Wildman–Crippen LogP) is 5.07. The van der Waals surface area contributed by atoms with Gasteiger partial charge in [-0.15, -0.1) is 0 Å². The Balaban J connectivity index is 1.86. The van der Waals surface area contributed by atoms with Crippen molar-refractivity contribution in [2.24, 2.45) is 5.92 Å². The first-order valence-electron chi connectivity index (χ1n) is 7.61. The maximum atomic E-state index is 11.4. The van der Waals surface area contributed by atoms with Gasteiger partial charge in [-0.1, -0.05) is 54.1 Å². The smallest absolute Gasteiger partial charge is 0.274 e. The van der Waals surface area contributed by atoms with Crippen LogP contribution >= 0.6 is 11.6 Å². The highest BCUT2D eigenvalue weighted by Gasteiger charge is 2.40. The van der Waals surface area contributed by atoms with E-state index < -0.39 is 0 Å². The zero-order valence-corrected chi connectivity index (χ0v) is 13.0. The van der Waals surface area contributed by atoms with E-state index in [9.17, 15) is 10.1 Å². The number of rotatable bonds is 2. The number of hydrogen-bond donors (Lipinski definition) is 1. The molecule has 0 aromatic heterocycles. The SMILES string of the molecule is O=[N+]([O-])c1ccccc1[C@@H]1Nc2c(Cl)cccc2[C@@H]2C=CC[C@H]21. The number of nitrogens with one attached hydrogen (secondary N) is 1. The average molecular weight is 327 g/mol. The largest absolute Gasteiger partial charge is 0.376 e. The van der Waals surface area contributed by atoms with Gasteiger partial charge in [-0.25, -0.2) is 0 Å². The van der Waals surface area contributed by atoms with E-state index in [2.05, 4.69) is 23.5 Å². The maximum absolute atomic E-state index is 11.4. The van der Waals surface area contributed by atoms with Gasteiger partial charge in [-0.2, -0.15) is 0 Å². The minimum Gasteiger partial charge on any atom is -0.376 e. The molecule has 4 nitrogen and oxygen atoms in total. The summed E-state index contributed by atoms with van der Waals surface area (Å²) >= 11 is 6.37. The van der Waals surface area contributed by atoms with E-state index >= 15 is 0 Å². The van der Waals surface area contributed by atoms with Crippen molar-refractivity contribution >= 4 is 23.0 Å². The molecule has 1 aliphatic carbocycles. The summed E-state index contributed by atoms with van der Waals surface area (Å²) in [5.41, 5.74) is 2.95. The van der Waals surface area contributed by atoms with Crippen LogP contribution in [0.25, 0.3) is 0 Å². The minimum atomic E-state index is -0.309. The molecule has 2 aromatic rings. The molecule has 116 valence electrons. The minimum absolute atomic E-state index is 0.121. The lowest BCUT2D eigenvalue weighted by Gasteiger charge is -2.37. The highest BCUT2D eigenvalue weighted by Crippen LogP contribution is 2.52. The zero-order chi connectivity index (χ0) is 16.0. The van der Waals surface area contributed by atoms with E-state index in [-0.39, 0.29) is 28.5 Å². The summed E-state index contributed by atoms with van der Waals surface area (Å²) in [7, 11) is 0. The maximum Gasteiger partial charge on any atom is 0.274 e. The summed E-state index contributed by atoms with van der Waals surface area (Å²) in [6.45, 7) is 0. The Labute approximate surface area is 138 Å². The van der Waals surface area contributed by atoms with Crippen molar-refractivity contribution < 1.29 is 4.92 Å². The summed E-state index contributed by atoms with van der Waals surface area (Å²) in [5.74, 6) is 0.511. The van der Waals surface area contributed by atoms with Gasteiger partial charge in [0.15, 0.2) is 0 Å². The Hall–Kier alpha value is -2.33. The molecule has 1 aliphatic heterocycles. The quantitative estimate of drug-likeness (QED) is 0.476. The lowest BCUT2D eigenvalue weighted by Crippen LogP contribution is -2.29. The van der Waals surface area contributed by atoms with E-state index in [4.69, 9.17) is 11.6 Å². The topological polar surface area (TPSA) is 55.2 Å². The molecule has 2 aromatic carbocycles. The van der Waals surface area contributed by atoms with Crippen LogP contribution in [0.1, 0.15) is 29.5 Å². The van der Waals surface area contributed by atoms with Crippen LogP contribution in [0.3, 0.4) is 0 Å². The van der Waals surface area contributed by atoms with Crippen molar-refractivity contribution in [3.63, 3.8) is 0 Å². The van der Waals surface area contributed by atoms with Gasteiger partial charge in [0.2, 0.25) is 0 Å². The second kappa shape index (κ2) is 5.39. The number of nitro groups is 1. The monoisotopic (exact) mass is 326 g/mol. The molecule has 3 atom stereocenters. The average Bonchev–Trinajstić information content (AvgIpc) is 3.04. The molecule has 2 aliphatic rings. The molecule has 0 saturated carbocycles. The van der Waals surface area contributed by atoms with Gasteiger partial charge in [0.05, 0.1) is 27.2 Å². The molecule has 0 amide bonds. The third-order valence-electron chi connectivity index (χ3n) is 4.81. The Kier molecular flexibility index (Phi) is 3.34. The van der Waals surface area contributed by atoms with E-state index in [0.717, 1.165) is 17.7 Å². The predicted molar refractivity (Wildman–Crippen MR) is 90.9 cm³/mol. The first kappa shape index (κ1) is 14.3. The van der Waals surface area contributed by atoms with Crippen LogP contribution < -0.4 is 5.32 Å². The number of nitrogens with zero attached hydrogens (tertiary/aromatic N) is 1. The van der Waals surface area contributed by atoms with Crippen molar-refractivity contribution in [3.05, 3.63) is 80.9 Å². The summed E-state index contributed by atoms with van der Waals surface area (Å²) in [5, 5.41) is 15.5. The molecule has 0 spiro atoms. The molecule has 1 N–H and O–H groups in total. The second-order valence-corrected chi connectivity index (χ2v) is 6.40. The van der Waals surface area contributed by atoms with Crippen LogP contribution in [0.4, 0.5) is 11.4 Å². The molecular weight excluding hydrogens is 312 g/mol. The van der Waals surface area contributed by atoms with Gasteiger partial charge in [0.25, 0.3) is 5.69 Å². The number of para-hydroxylation sites is 2. The van der Waals surface area contributed by atoms with Gasteiger partial charge in [0.1, 0.15) is 0 Å². The fourth-order valence-corrected chi connectivity index (χ4v) is 4.04. The Morgan fingerprint density at radius 1 is 1.13 bits per heavy atom. The van der Waals surface area contributed by atoms with Crippen LogP contribution in [0.15, 0.2) is 54.6 Å². The molecule has 23 heavy (non-hydrogen) atoms. The van der Waals surface area contributed by atoms with E-state index in [0.29, 0.717) is 5.02 Å². The summed E-state index contributed by atoms with van der Waals surface area (Å²) < 4.78 is 0. The fourth-order valence-electron chi connectivity index (χ4n) is 3.81. The lowest BCUT2D eigenvalue weighted by atomic mass is 9.76. The number of anilines is 1. The number of benzene rings is 2. The van der Waals surface area contributed by atoms with E-state index in [1.807, 2.05) is 24.3 Å².